The Balaban J connectivity index is 1.45. The standard InChI is InChI=1S/C17H18FN2O8P/c1-9-3-2-4-10-8-25-29(27-14(9)10)28-17(23,24)12-5-6-13(26-12)20-7-11(18)15(21)19-16(20)22/h2-4,7,12-13,23-24H,5-6,8H2,1H3,(H,19,21,22). The Bertz CT molecular complexity index is 1040. The van der Waals surface area contributed by atoms with Gasteiger partial charge in [0.1, 0.15) is 18.1 Å². The molecule has 12 heteroatoms. The van der Waals surface area contributed by atoms with E-state index < -0.39 is 44.0 Å². The predicted octanol–water partition coefficient (Wildman–Crippen LogP) is 1.15. The predicted molar refractivity (Wildman–Crippen MR) is 96.2 cm³/mol. The number of aliphatic hydroxyl groups is 2. The highest BCUT2D eigenvalue weighted by Crippen LogP contribution is 2.51. The SMILES string of the molecule is Cc1cccc2c1OP(OC(O)(O)C1CCC(n3cc(F)c(=O)[nH]c3=O)O1)OC2. The van der Waals surface area contributed by atoms with Crippen molar-refractivity contribution < 1.29 is 32.9 Å². The maximum atomic E-state index is 13.5. The van der Waals surface area contributed by atoms with Crippen molar-refractivity contribution in [1.29, 1.82) is 0 Å². The van der Waals surface area contributed by atoms with Gasteiger partial charge in [0, 0.05) is 5.56 Å². The van der Waals surface area contributed by atoms with Gasteiger partial charge in [-0.15, -0.1) is 0 Å². The lowest BCUT2D eigenvalue weighted by Gasteiger charge is -2.32. The van der Waals surface area contributed by atoms with Gasteiger partial charge in [0.25, 0.3) is 5.56 Å². The van der Waals surface area contributed by atoms with Crippen LogP contribution in [0.1, 0.15) is 30.2 Å². The summed E-state index contributed by atoms with van der Waals surface area (Å²) in [5, 5.41) is 20.7. The van der Waals surface area contributed by atoms with Crippen LogP contribution in [0, 0.1) is 12.7 Å². The van der Waals surface area contributed by atoms with Crippen molar-refractivity contribution in [3.63, 3.8) is 0 Å². The Morgan fingerprint density at radius 3 is 2.93 bits per heavy atom. The van der Waals surface area contributed by atoms with Crippen LogP contribution in [0.5, 0.6) is 5.75 Å². The zero-order valence-electron chi connectivity index (χ0n) is 15.2. The average molecular weight is 428 g/mol. The summed E-state index contributed by atoms with van der Waals surface area (Å²) in [5.41, 5.74) is -0.363. The molecule has 29 heavy (non-hydrogen) atoms. The fourth-order valence-corrected chi connectivity index (χ4v) is 4.30. The van der Waals surface area contributed by atoms with Crippen molar-refractivity contribution in [1.82, 2.24) is 9.55 Å². The van der Waals surface area contributed by atoms with E-state index in [2.05, 4.69) is 0 Å². The van der Waals surface area contributed by atoms with E-state index in [9.17, 15) is 24.2 Å². The van der Waals surface area contributed by atoms with Crippen molar-refractivity contribution >= 4 is 8.60 Å². The maximum Gasteiger partial charge on any atom is 0.402 e. The van der Waals surface area contributed by atoms with Crippen LogP contribution in [0.3, 0.4) is 0 Å². The number of ether oxygens (including phenoxy) is 1. The van der Waals surface area contributed by atoms with Gasteiger partial charge in [-0.25, -0.2) is 9.32 Å². The van der Waals surface area contributed by atoms with Gasteiger partial charge in [-0.2, -0.15) is 4.39 Å². The Morgan fingerprint density at radius 1 is 1.34 bits per heavy atom. The van der Waals surface area contributed by atoms with Crippen LogP contribution in [0.2, 0.25) is 0 Å². The third kappa shape index (κ3) is 3.97. The molecular weight excluding hydrogens is 410 g/mol. The van der Waals surface area contributed by atoms with Crippen molar-refractivity contribution in [2.75, 3.05) is 0 Å². The number of rotatable bonds is 4. The summed E-state index contributed by atoms with van der Waals surface area (Å²) >= 11 is 0. The van der Waals surface area contributed by atoms with Gasteiger partial charge in [-0.05, 0) is 25.3 Å². The first-order chi connectivity index (χ1) is 13.7. The molecule has 10 nitrogen and oxygen atoms in total. The van der Waals surface area contributed by atoms with Crippen LogP contribution >= 0.6 is 8.60 Å². The number of H-pyrrole nitrogens is 1. The van der Waals surface area contributed by atoms with E-state index in [1.807, 2.05) is 30.1 Å². The number of para-hydroxylation sites is 1. The lowest BCUT2D eigenvalue weighted by atomic mass is 10.1. The van der Waals surface area contributed by atoms with Crippen molar-refractivity contribution in [3.05, 3.63) is 62.2 Å². The molecule has 2 aliphatic heterocycles. The molecule has 0 spiro atoms. The molecule has 156 valence electrons. The maximum absolute atomic E-state index is 13.5. The van der Waals surface area contributed by atoms with E-state index in [0.717, 1.165) is 15.7 Å². The van der Waals surface area contributed by atoms with Crippen LogP contribution in [-0.4, -0.2) is 31.8 Å². The molecular formula is C17H18FN2O8P. The molecule has 3 N–H and O–H groups in total. The van der Waals surface area contributed by atoms with Gasteiger partial charge in [-0.3, -0.25) is 18.9 Å². The number of aromatic nitrogens is 2. The molecule has 0 bridgehead atoms. The molecule has 1 aromatic heterocycles. The molecule has 1 aromatic carbocycles. The molecule has 1 saturated heterocycles. The van der Waals surface area contributed by atoms with Crippen molar-refractivity contribution in [3.8, 4) is 5.75 Å². The molecule has 2 aromatic rings. The minimum absolute atomic E-state index is 0.0869. The summed E-state index contributed by atoms with van der Waals surface area (Å²) in [6.07, 6.45) is -1.32. The van der Waals surface area contributed by atoms with Gasteiger partial charge in [0.2, 0.25) is 5.82 Å². The largest absolute Gasteiger partial charge is 0.426 e. The number of aromatic amines is 1. The number of nitrogens with one attached hydrogen (secondary N) is 1. The van der Waals surface area contributed by atoms with Crippen LogP contribution in [0.15, 0.2) is 34.0 Å². The second-order valence-corrected chi connectivity index (χ2v) is 7.77. The molecule has 0 aliphatic carbocycles. The highest BCUT2D eigenvalue weighted by Gasteiger charge is 2.47. The van der Waals surface area contributed by atoms with E-state index in [0.29, 0.717) is 11.9 Å². The minimum Gasteiger partial charge on any atom is -0.426 e. The van der Waals surface area contributed by atoms with E-state index >= 15 is 0 Å². The van der Waals surface area contributed by atoms with Gasteiger partial charge < -0.3 is 19.5 Å². The van der Waals surface area contributed by atoms with Crippen LogP contribution in [-0.2, 0) is 20.4 Å². The van der Waals surface area contributed by atoms with E-state index in [-0.39, 0.29) is 19.4 Å². The van der Waals surface area contributed by atoms with Crippen molar-refractivity contribution in [2.45, 2.75) is 44.7 Å². The number of aryl methyl sites for hydroxylation is 1. The molecule has 2 aliphatic rings. The Kier molecular flexibility index (Phi) is 5.28. The highest BCUT2D eigenvalue weighted by atomic mass is 31.2. The number of nitrogens with zero attached hydrogens (tertiary/aromatic N) is 1. The third-order valence-electron chi connectivity index (χ3n) is 4.64. The summed E-state index contributed by atoms with van der Waals surface area (Å²) in [5.74, 6) is -3.37. The molecule has 3 heterocycles. The first-order valence-corrected chi connectivity index (χ1v) is 9.84. The second kappa shape index (κ2) is 7.60. The lowest BCUT2D eigenvalue weighted by molar-refractivity contribution is -0.346. The molecule has 0 radical (unpaired) electrons. The quantitative estimate of drug-likeness (QED) is 0.488. The Labute approximate surface area is 164 Å². The molecule has 0 saturated carbocycles. The zero-order valence-corrected chi connectivity index (χ0v) is 16.1. The number of benzene rings is 1. The molecule has 0 amide bonds. The zero-order chi connectivity index (χ0) is 20.8. The van der Waals surface area contributed by atoms with E-state index in [1.54, 1.807) is 0 Å². The summed E-state index contributed by atoms with van der Waals surface area (Å²) in [4.78, 5) is 24.8. The van der Waals surface area contributed by atoms with Gasteiger partial charge in [0.15, 0.2) is 0 Å². The van der Waals surface area contributed by atoms with Gasteiger partial charge in [0.05, 0.1) is 12.8 Å². The number of hydrogen-bond acceptors (Lipinski definition) is 8. The fourth-order valence-electron chi connectivity index (χ4n) is 3.17. The van der Waals surface area contributed by atoms with E-state index in [4.69, 9.17) is 18.3 Å². The average Bonchev–Trinajstić information content (AvgIpc) is 3.16. The van der Waals surface area contributed by atoms with Crippen LogP contribution in [0.25, 0.3) is 0 Å². The second-order valence-electron chi connectivity index (χ2n) is 6.70. The first-order valence-electron chi connectivity index (χ1n) is 8.74. The summed E-state index contributed by atoms with van der Waals surface area (Å²) in [6.45, 7) is 2.02. The summed E-state index contributed by atoms with van der Waals surface area (Å²) in [7, 11) is -2.12. The number of halogens is 1. The molecule has 1 fully saturated rings. The van der Waals surface area contributed by atoms with Crippen molar-refractivity contribution in [2.24, 2.45) is 0 Å². The normalized spacial score (nSPS) is 24.2. The number of fused-ring (bicyclic) bond motifs is 1. The molecule has 3 atom stereocenters. The minimum atomic E-state index is -2.77. The topological polar surface area (TPSA) is 132 Å². The third-order valence-corrected chi connectivity index (χ3v) is 5.73. The van der Waals surface area contributed by atoms with E-state index in [1.165, 1.54) is 0 Å². The Hall–Kier alpha value is -2.14. The first kappa shape index (κ1) is 20.1. The van der Waals surface area contributed by atoms with Crippen LogP contribution in [0.4, 0.5) is 4.39 Å². The fraction of sp³-hybridized carbons (Fsp3) is 0.412. The molecule has 4 rings (SSSR count). The van der Waals surface area contributed by atoms with Crippen LogP contribution < -0.4 is 15.8 Å². The van der Waals surface area contributed by atoms with Gasteiger partial charge in [-0.1, -0.05) is 18.2 Å². The van der Waals surface area contributed by atoms with Gasteiger partial charge >= 0.3 is 20.3 Å². The number of hydrogen-bond donors (Lipinski definition) is 3. The lowest BCUT2D eigenvalue weighted by Crippen LogP contribution is -2.44. The summed E-state index contributed by atoms with van der Waals surface area (Å²) in [6, 6.07) is 5.52. The monoisotopic (exact) mass is 428 g/mol. The smallest absolute Gasteiger partial charge is 0.402 e. The highest BCUT2D eigenvalue weighted by molar-refractivity contribution is 7.42. The molecule has 3 unspecified atom stereocenters. The Morgan fingerprint density at radius 2 is 2.14 bits per heavy atom. The summed E-state index contributed by atoms with van der Waals surface area (Å²) < 4.78 is 36.1.